The third-order valence-electron chi connectivity index (χ3n) is 7.95. The highest BCUT2D eigenvalue weighted by Crippen LogP contribution is 2.60. The zero-order chi connectivity index (χ0) is 21.1. The second kappa shape index (κ2) is 6.99. The molecule has 31 heavy (non-hydrogen) atoms. The number of hydrogen-bond acceptors (Lipinski definition) is 4. The van der Waals surface area contributed by atoms with Crippen molar-refractivity contribution in [1.29, 1.82) is 0 Å². The molecule has 2 heterocycles. The maximum atomic E-state index is 11.3. The Bertz CT molecular complexity index is 1090. The molecule has 1 saturated heterocycles. The van der Waals surface area contributed by atoms with E-state index in [1.807, 2.05) is 6.07 Å². The molecule has 0 unspecified atom stereocenters. The summed E-state index contributed by atoms with van der Waals surface area (Å²) < 4.78 is 0. The van der Waals surface area contributed by atoms with Gasteiger partial charge in [-0.25, -0.2) is 0 Å². The highest BCUT2D eigenvalue weighted by Gasteiger charge is 2.53. The van der Waals surface area contributed by atoms with Gasteiger partial charge in [-0.3, -0.25) is 4.98 Å². The van der Waals surface area contributed by atoms with Crippen molar-refractivity contribution in [3.8, 4) is 0 Å². The average Bonchev–Trinajstić information content (AvgIpc) is 3.33. The van der Waals surface area contributed by atoms with Gasteiger partial charge in [-0.05, 0) is 53.1 Å². The van der Waals surface area contributed by atoms with E-state index in [-0.39, 0.29) is 12.0 Å². The largest absolute Gasteiger partial charge is 0.392 e. The Balaban J connectivity index is 1.27. The summed E-state index contributed by atoms with van der Waals surface area (Å²) in [6.07, 6.45) is 5.94. The van der Waals surface area contributed by atoms with E-state index < -0.39 is 5.60 Å². The lowest BCUT2D eigenvalue weighted by Crippen LogP contribution is -2.47. The molecule has 1 fully saturated rings. The molecule has 4 heteroatoms. The lowest BCUT2D eigenvalue weighted by molar-refractivity contribution is -0.0292. The molecule has 0 amide bonds. The summed E-state index contributed by atoms with van der Waals surface area (Å²) in [5.74, 6) is 0.515. The third kappa shape index (κ3) is 2.82. The topological polar surface area (TPSA) is 56.6 Å². The number of hydrogen-bond donors (Lipinski definition) is 2. The Kier molecular flexibility index (Phi) is 4.32. The highest BCUT2D eigenvalue weighted by atomic mass is 16.3. The molecule has 0 spiro atoms. The van der Waals surface area contributed by atoms with Crippen molar-refractivity contribution in [1.82, 2.24) is 9.88 Å². The summed E-state index contributed by atoms with van der Waals surface area (Å²) in [5, 5.41) is 20.8. The summed E-state index contributed by atoms with van der Waals surface area (Å²) in [6, 6.07) is 19.9. The second-order valence-corrected chi connectivity index (χ2v) is 9.56. The SMILES string of the molecule is OCc1cncc(C2(O)CCN(CC34CC(c5ccccc53)c3ccccc34)CC2)c1. The van der Waals surface area contributed by atoms with Gasteiger partial charge in [-0.15, -0.1) is 0 Å². The quantitative estimate of drug-likeness (QED) is 0.686. The number of aliphatic hydroxyl groups is 2. The fraction of sp³-hybridized carbons (Fsp3) is 0.370. The number of nitrogens with zero attached hydrogens (tertiary/aromatic N) is 2. The first kappa shape index (κ1) is 19.2. The van der Waals surface area contributed by atoms with Crippen LogP contribution in [0.2, 0.25) is 0 Å². The molecule has 4 nitrogen and oxygen atoms in total. The van der Waals surface area contributed by atoms with Crippen LogP contribution in [0.25, 0.3) is 0 Å². The maximum absolute atomic E-state index is 11.3. The molecule has 2 N–H and O–H groups in total. The van der Waals surface area contributed by atoms with Gasteiger partial charge >= 0.3 is 0 Å². The van der Waals surface area contributed by atoms with E-state index in [0.717, 1.165) is 37.2 Å². The first-order chi connectivity index (χ1) is 15.1. The number of benzene rings is 2. The van der Waals surface area contributed by atoms with E-state index in [0.29, 0.717) is 18.8 Å². The highest BCUT2D eigenvalue weighted by molar-refractivity contribution is 5.62. The van der Waals surface area contributed by atoms with Crippen LogP contribution in [-0.2, 0) is 17.6 Å². The number of piperidine rings is 1. The molecule has 3 aromatic rings. The van der Waals surface area contributed by atoms with Gasteiger partial charge in [0.05, 0.1) is 12.2 Å². The van der Waals surface area contributed by atoms with Crippen molar-refractivity contribution in [2.45, 2.75) is 42.8 Å². The van der Waals surface area contributed by atoms with E-state index in [9.17, 15) is 10.2 Å². The number of fused-ring (bicyclic) bond motifs is 8. The molecule has 0 saturated carbocycles. The van der Waals surface area contributed by atoms with Crippen LogP contribution in [0.4, 0.5) is 0 Å². The van der Waals surface area contributed by atoms with Crippen LogP contribution >= 0.6 is 0 Å². The minimum absolute atomic E-state index is 0.0500. The summed E-state index contributed by atoms with van der Waals surface area (Å²) in [7, 11) is 0. The number of aromatic nitrogens is 1. The van der Waals surface area contributed by atoms with Gasteiger partial charge in [-0.1, -0.05) is 48.5 Å². The van der Waals surface area contributed by atoms with Crippen molar-refractivity contribution in [3.05, 3.63) is 100 Å². The van der Waals surface area contributed by atoms with Crippen molar-refractivity contribution in [2.75, 3.05) is 19.6 Å². The number of pyridine rings is 1. The first-order valence-corrected chi connectivity index (χ1v) is 11.3. The molecule has 1 aromatic heterocycles. The van der Waals surface area contributed by atoms with Crippen molar-refractivity contribution < 1.29 is 10.2 Å². The number of rotatable bonds is 4. The Morgan fingerprint density at radius 1 is 0.935 bits per heavy atom. The van der Waals surface area contributed by atoms with Gasteiger partial charge in [0.15, 0.2) is 0 Å². The van der Waals surface area contributed by atoms with Crippen molar-refractivity contribution in [3.63, 3.8) is 0 Å². The molecular formula is C27H28N2O2. The van der Waals surface area contributed by atoms with E-state index in [1.54, 1.807) is 12.4 Å². The minimum atomic E-state index is -0.865. The lowest BCUT2D eigenvalue weighted by Gasteiger charge is -2.42. The molecule has 158 valence electrons. The van der Waals surface area contributed by atoms with Crippen LogP contribution in [0.5, 0.6) is 0 Å². The van der Waals surface area contributed by atoms with Gasteiger partial charge in [0.25, 0.3) is 0 Å². The first-order valence-electron chi connectivity index (χ1n) is 11.3. The summed E-state index contributed by atoms with van der Waals surface area (Å²) in [4.78, 5) is 6.77. The predicted octanol–water partition coefficient (Wildman–Crippen LogP) is 3.69. The molecule has 2 aliphatic carbocycles. The van der Waals surface area contributed by atoms with E-state index in [2.05, 4.69) is 58.4 Å². The van der Waals surface area contributed by atoms with Crippen LogP contribution in [0.3, 0.4) is 0 Å². The second-order valence-electron chi connectivity index (χ2n) is 9.56. The van der Waals surface area contributed by atoms with E-state index in [1.165, 1.54) is 22.3 Å². The molecule has 3 aliphatic rings. The van der Waals surface area contributed by atoms with Crippen LogP contribution in [0.1, 0.15) is 58.6 Å². The van der Waals surface area contributed by atoms with Crippen LogP contribution in [-0.4, -0.2) is 39.7 Å². The zero-order valence-corrected chi connectivity index (χ0v) is 17.7. The third-order valence-corrected chi connectivity index (χ3v) is 7.95. The zero-order valence-electron chi connectivity index (χ0n) is 17.7. The Labute approximate surface area is 183 Å². The maximum Gasteiger partial charge on any atom is 0.0935 e. The average molecular weight is 413 g/mol. The molecule has 6 rings (SSSR count). The van der Waals surface area contributed by atoms with Crippen LogP contribution in [0.15, 0.2) is 67.0 Å². The Hall–Kier alpha value is -2.53. The molecule has 0 atom stereocenters. The van der Waals surface area contributed by atoms with Gasteiger partial charge in [0.2, 0.25) is 0 Å². The Morgan fingerprint density at radius 3 is 2.23 bits per heavy atom. The number of likely N-dealkylation sites (tertiary alicyclic amines) is 1. The number of aliphatic hydroxyl groups excluding tert-OH is 1. The molecule has 1 aliphatic heterocycles. The fourth-order valence-corrected chi connectivity index (χ4v) is 6.39. The summed E-state index contributed by atoms with van der Waals surface area (Å²) in [5.41, 5.74) is 6.78. The van der Waals surface area contributed by atoms with Crippen LogP contribution in [0, 0.1) is 0 Å². The van der Waals surface area contributed by atoms with Gasteiger partial charge < -0.3 is 15.1 Å². The van der Waals surface area contributed by atoms with Crippen molar-refractivity contribution >= 4 is 0 Å². The molecule has 2 bridgehead atoms. The van der Waals surface area contributed by atoms with Gasteiger partial charge in [0, 0.05) is 48.9 Å². The fourth-order valence-electron chi connectivity index (χ4n) is 6.39. The smallest absolute Gasteiger partial charge is 0.0935 e. The predicted molar refractivity (Wildman–Crippen MR) is 120 cm³/mol. The van der Waals surface area contributed by atoms with Crippen LogP contribution < -0.4 is 0 Å². The van der Waals surface area contributed by atoms with E-state index in [4.69, 9.17) is 0 Å². The summed E-state index contributed by atoms with van der Waals surface area (Å²) in [6.45, 7) is 2.67. The van der Waals surface area contributed by atoms with Crippen molar-refractivity contribution in [2.24, 2.45) is 0 Å². The standard InChI is InChI=1S/C27H28N2O2/c30-17-19-13-20(16-28-15-19)27(31)9-11-29(12-10-27)18-26-14-23(21-5-1-3-7-24(21)26)22-6-2-4-8-25(22)26/h1-8,13,15-16,23,30-31H,9-12,14,17-18H2. The van der Waals surface area contributed by atoms with Gasteiger partial charge in [-0.2, -0.15) is 0 Å². The van der Waals surface area contributed by atoms with Gasteiger partial charge in [0.1, 0.15) is 0 Å². The van der Waals surface area contributed by atoms with E-state index >= 15 is 0 Å². The lowest BCUT2D eigenvalue weighted by atomic mass is 9.74. The molecule has 2 aromatic carbocycles. The Morgan fingerprint density at radius 2 is 1.58 bits per heavy atom. The monoisotopic (exact) mass is 412 g/mol. The normalized spacial score (nSPS) is 25.9. The molecule has 0 radical (unpaired) electrons. The minimum Gasteiger partial charge on any atom is -0.392 e. The summed E-state index contributed by atoms with van der Waals surface area (Å²) >= 11 is 0. The molecular weight excluding hydrogens is 384 g/mol.